The first-order chi connectivity index (χ1) is 11.7. The van der Waals surface area contributed by atoms with E-state index in [2.05, 4.69) is 0 Å². The van der Waals surface area contributed by atoms with Crippen LogP contribution >= 0.6 is 0 Å². The fourth-order valence-corrected chi connectivity index (χ4v) is 3.34. The average Bonchev–Trinajstić information content (AvgIpc) is 3.00. The van der Waals surface area contributed by atoms with E-state index in [9.17, 15) is 19.1 Å². The van der Waals surface area contributed by atoms with E-state index in [1.54, 1.807) is 45.0 Å². The van der Waals surface area contributed by atoms with Gasteiger partial charge < -0.3 is 19.6 Å². The minimum absolute atomic E-state index is 0.0638. The van der Waals surface area contributed by atoms with Gasteiger partial charge in [-0.2, -0.15) is 0 Å². The first-order valence-electron chi connectivity index (χ1n) is 8.39. The van der Waals surface area contributed by atoms with Gasteiger partial charge in [-0.3, -0.25) is 4.79 Å². The minimum atomic E-state index is -1.17. The molecule has 2 aliphatic rings. The van der Waals surface area contributed by atoms with E-state index < -0.39 is 30.1 Å². The standard InChI is InChI=1S/C18H23FN2O4/c1-18(2,3)25-17(24)20-9-11(19)8-12(20)10-21-15(22)13-6-4-5-7-14(13)16(21)23/h4-7,11-12,15,22H,8-10H2,1-3H3/t11-,12-,15?/m0/s1. The average molecular weight is 350 g/mol. The lowest BCUT2D eigenvalue weighted by Gasteiger charge is -2.31. The summed E-state index contributed by atoms with van der Waals surface area (Å²) < 4.78 is 19.3. The molecule has 2 heterocycles. The summed E-state index contributed by atoms with van der Waals surface area (Å²) in [5.74, 6) is -0.311. The zero-order valence-corrected chi connectivity index (χ0v) is 14.6. The Labute approximate surface area is 146 Å². The van der Waals surface area contributed by atoms with Crippen molar-refractivity contribution in [1.82, 2.24) is 9.80 Å². The molecular formula is C18H23FN2O4. The smallest absolute Gasteiger partial charge is 0.410 e. The van der Waals surface area contributed by atoms with Gasteiger partial charge >= 0.3 is 6.09 Å². The Balaban J connectivity index is 1.75. The molecule has 0 bridgehead atoms. The zero-order chi connectivity index (χ0) is 18.4. The number of carbonyl (C=O) groups is 2. The Kier molecular flexibility index (Phi) is 4.45. The second-order valence-corrected chi connectivity index (χ2v) is 7.54. The van der Waals surface area contributed by atoms with Gasteiger partial charge in [0.15, 0.2) is 6.23 Å². The van der Waals surface area contributed by atoms with Gasteiger partial charge in [0.2, 0.25) is 0 Å². The molecule has 25 heavy (non-hydrogen) atoms. The number of alkyl halides is 1. The van der Waals surface area contributed by atoms with Crippen LogP contribution in [0.4, 0.5) is 9.18 Å². The number of aliphatic hydroxyl groups excluding tert-OH is 1. The van der Waals surface area contributed by atoms with Gasteiger partial charge in [0, 0.05) is 24.1 Å². The van der Waals surface area contributed by atoms with Crippen LogP contribution in [-0.4, -0.2) is 57.8 Å². The lowest BCUT2D eigenvalue weighted by molar-refractivity contribution is -0.00318. The van der Waals surface area contributed by atoms with Crippen molar-refractivity contribution in [3.05, 3.63) is 35.4 Å². The summed E-state index contributed by atoms with van der Waals surface area (Å²) >= 11 is 0. The number of likely N-dealkylation sites (tertiary alicyclic amines) is 1. The molecule has 1 aromatic rings. The SMILES string of the molecule is CC(C)(C)OC(=O)N1C[C@@H](F)C[C@H]1CN1C(=O)c2ccccc2C1O. The van der Waals surface area contributed by atoms with Crippen LogP contribution in [0.1, 0.15) is 49.3 Å². The molecule has 1 unspecified atom stereocenters. The van der Waals surface area contributed by atoms with Crippen LogP contribution in [0.15, 0.2) is 24.3 Å². The predicted octanol–water partition coefficient (Wildman–Crippen LogP) is 2.48. The highest BCUT2D eigenvalue weighted by molar-refractivity contribution is 5.98. The normalized spacial score (nSPS) is 26.1. The third-order valence-corrected chi connectivity index (χ3v) is 4.42. The zero-order valence-electron chi connectivity index (χ0n) is 14.6. The lowest BCUT2D eigenvalue weighted by Crippen LogP contribution is -2.46. The number of amides is 2. The summed E-state index contributed by atoms with van der Waals surface area (Å²) in [6.45, 7) is 5.23. The van der Waals surface area contributed by atoms with Crippen LogP contribution in [-0.2, 0) is 4.74 Å². The molecule has 2 amide bonds. The fraction of sp³-hybridized carbons (Fsp3) is 0.556. The van der Waals surface area contributed by atoms with Crippen molar-refractivity contribution in [2.75, 3.05) is 13.1 Å². The molecule has 3 atom stereocenters. The Morgan fingerprint density at radius 3 is 2.68 bits per heavy atom. The van der Waals surface area contributed by atoms with E-state index in [0.29, 0.717) is 11.1 Å². The third-order valence-electron chi connectivity index (χ3n) is 4.42. The largest absolute Gasteiger partial charge is 0.444 e. The highest BCUT2D eigenvalue weighted by Gasteiger charge is 2.43. The molecule has 0 spiro atoms. The van der Waals surface area contributed by atoms with Gasteiger partial charge in [-0.1, -0.05) is 18.2 Å². The van der Waals surface area contributed by atoms with Gasteiger partial charge in [0.05, 0.1) is 12.6 Å². The maximum absolute atomic E-state index is 13.9. The Morgan fingerprint density at radius 1 is 1.36 bits per heavy atom. The molecule has 3 rings (SSSR count). The van der Waals surface area contributed by atoms with Gasteiger partial charge in [0.25, 0.3) is 5.91 Å². The highest BCUT2D eigenvalue weighted by atomic mass is 19.1. The molecule has 1 saturated heterocycles. The molecule has 1 aromatic carbocycles. The minimum Gasteiger partial charge on any atom is -0.444 e. The van der Waals surface area contributed by atoms with E-state index in [-0.39, 0.29) is 25.4 Å². The van der Waals surface area contributed by atoms with Crippen molar-refractivity contribution in [3.63, 3.8) is 0 Å². The van der Waals surface area contributed by atoms with Crippen LogP contribution in [0.5, 0.6) is 0 Å². The van der Waals surface area contributed by atoms with Gasteiger partial charge in [-0.15, -0.1) is 0 Å². The van der Waals surface area contributed by atoms with Gasteiger partial charge in [-0.25, -0.2) is 9.18 Å². The molecule has 2 aliphatic heterocycles. The van der Waals surface area contributed by atoms with E-state index in [4.69, 9.17) is 4.74 Å². The molecule has 1 fully saturated rings. The highest BCUT2D eigenvalue weighted by Crippen LogP contribution is 2.33. The summed E-state index contributed by atoms with van der Waals surface area (Å²) in [4.78, 5) is 27.5. The lowest BCUT2D eigenvalue weighted by atomic mass is 10.1. The van der Waals surface area contributed by atoms with Crippen molar-refractivity contribution < 1.29 is 23.8 Å². The van der Waals surface area contributed by atoms with Gasteiger partial charge in [-0.05, 0) is 26.8 Å². The molecule has 0 saturated carbocycles. The third kappa shape index (κ3) is 3.46. The molecule has 1 N–H and O–H groups in total. The van der Waals surface area contributed by atoms with Crippen molar-refractivity contribution >= 4 is 12.0 Å². The van der Waals surface area contributed by atoms with Crippen molar-refractivity contribution in [2.24, 2.45) is 0 Å². The number of hydrogen-bond donors (Lipinski definition) is 1. The second kappa shape index (κ2) is 6.29. The predicted molar refractivity (Wildman–Crippen MR) is 88.7 cm³/mol. The summed E-state index contributed by atoms with van der Waals surface area (Å²) in [5.41, 5.74) is 0.287. The topological polar surface area (TPSA) is 70.1 Å². The second-order valence-electron chi connectivity index (χ2n) is 7.54. The van der Waals surface area contributed by atoms with Crippen LogP contribution < -0.4 is 0 Å². The number of ether oxygens (including phenoxy) is 1. The summed E-state index contributed by atoms with van der Waals surface area (Å²) in [5, 5.41) is 10.4. The summed E-state index contributed by atoms with van der Waals surface area (Å²) in [6, 6.07) is 6.29. The summed E-state index contributed by atoms with van der Waals surface area (Å²) in [6.07, 6.45) is -2.74. The van der Waals surface area contributed by atoms with E-state index >= 15 is 0 Å². The molecule has 0 aromatic heterocycles. The molecule has 0 aliphatic carbocycles. The Morgan fingerprint density at radius 2 is 2.04 bits per heavy atom. The number of hydrogen-bond acceptors (Lipinski definition) is 4. The quantitative estimate of drug-likeness (QED) is 0.890. The number of benzene rings is 1. The van der Waals surface area contributed by atoms with E-state index in [0.717, 1.165) is 0 Å². The molecule has 6 nitrogen and oxygen atoms in total. The Hall–Kier alpha value is -2.15. The number of halogens is 1. The van der Waals surface area contributed by atoms with Crippen LogP contribution in [0.3, 0.4) is 0 Å². The van der Waals surface area contributed by atoms with Crippen LogP contribution in [0, 0.1) is 0 Å². The van der Waals surface area contributed by atoms with E-state index in [1.165, 1.54) is 9.80 Å². The van der Waals surface area contributed by atoms with Crippen molar-refractivity contribution in [1.29, 1.82) is 0 Å². The van der Waals surface area contributed by atoms with E-state index in [1.807, 2.05) is 0 Å². The van der Waals surface area contributed by atoms with Crippen LogP contribution in [0.25, 0.3) is 0 Å². The molecule has 0 radical (unpaired) electrons. The fourth-order valence-electron chi connectivity index (χ4n) is 3.34. The number of aliphatic hydroxyl groups is 1. The van der Waals surface area contributed by atoms with Crippen LogP contribution in [0.2, 0.25) is 0 Å². The number of nitrogens with zero attached hydrogens (tertiary/aromatic N) is 2. The Bertz CT molecular complexity index is 688. The number of rotatable bonds is 2. The maximum Gasteiger partial charge on any atom is 0.410 e. The number of fused-ring (bicyclic) bond motifs is 1. The van der Waals surface area contributed by atoms with Crippen molar-refractivity contribution in [2.45, 2.75) is 51.2 Å². The van der Waals surface area contributed by atoms with Crippen molar-refractivity contribution in [3.8, 4) is 0 Å². The maximum atomic E-state index is 13.9. The molecule has 7 heteroatoms. The van der Waals surface area contributed by atoms with Gasteiger partial charge in [0.1, 0.15) is 11.8 Å². The summed E-state index contributed by atoms with van der Waals surface area (Å²) in [7, 11) is 0. The first-order valence-corrected chi connectivity index (χ1v) is 8.39. The molecular weight excluding hydrogens is 327 g/mol. The molecule has 136 valence electrons. The monoisotopic (exact) mass is 350 g/mol. The number of carbonyl (C=O) groups excluding carboxylic acids is 2. The first kappa shape index (κ1) is 17.7.